The van der Waals surface area contributed by atoms with E-state index in [-0.39, 0.29) is 24.2 Å². The second-order valence-electron chi connectivity index (χ2n) is 10.5. The molecule has 1 aromatic carbocycles. The fourth-order valence-electron chi connectivity index (χ4n) is 4.38. The van der Waals surface area contributed by atoms with Crippen molar-refractivity contribution in [2.45, 2.75) is 90.4 Å². The van der Waals surface area contributed by atoms with E-state index in [0.29, 0.717) is 38.6 Å². The summed E-state index contributed by atoms with van der Waals surface area (Å²) in [6.45, 7) is 7.45. The van der Waals surface area contributed by atoms with Gasteiger partial charge in [-0.2, -0.15) is 0 Å². The lowest BCUT2D eigenvalue weighted by Gasteiger charge is -2.27. The summed E-state index contributed by atoms with van der Waals surface area (Å²) in [7, 11) is 0. The molecule has 0 radical (unpaired) electrons. The zero-order chi connectivity index (χ0) is 28.9. The average Bonchev–Trinajstić information content (AvgIpc) is 2.91. The molecule has 11 heteroatoms. The predicted molar refractivity (Wildman–Crippen MR) is 147 cm³/mol. The summed E-state index contributed by atoms with van der Waals surface area (Å²) in [5.74, 6) is -3.09. The Morgan fingerprint density at radius 2 is 1.69 bits per heavy atom. The summed E-state index contributed by atoms with van der Waals surface area (Å²) in [4.78, 5) is 63.7. The highest BCUT2D eigenvalue weighted by Gasteiger charge is 2.32. The molecule has 1 aromatic rings. The predicted octanol–water partition coefficient (Wildman–Crippen LogP) is 1.71. The van der Waals surface area contributed by atoms with E-state index < -0.39 is 48.0 Å². The summed E-state index contributed by atoms with van der Waals surface area (Å²) in [6.07, 6.45) is 2.84. The van der Waals surface area contributed by atoms with E-state index in [1.165, 1.54) is 0 Å². The maximum atomic E-state index is 13.3. The molecule has 2 rings (SSSR count). The molecule has 6 N–H and O–H groups in total. The van der Waals surface area contributed by atoms with E-state index in [9.17, 15) is 29.1 Å². The van der Waals surface area contributed by atoms with Crippen LogP contribution < -0.4 is 26.6 Å². The van der Waals surface area contributed by atoms with Crippen molar-refractivity contribution in [3.63, 3.8) is 0 Å². The van der Waals surface area contributed by atoms with Crippen LogP contribution in [0.4, 0.5) is 4.79 Å². The van der Waals surface area contributed by atoms with Crippen molar-refractivity contribution in [1.82, 2.24) is 26.6 Å². The van der Waals surface area contributed by atoms with Crippen LogP contribution in [0.5, 0.6) is 0 Å². The van der Waals surface area contributed by atoms with Gasteiger partial charge in [0.1, 0.15) is 24.2 Å². The molecule has 0 aliphatic carbocycles. The van der Waals surface area contributed by atoms with Crippen molar-refractivity contribution in [3.05, 3.63) is 35.9 Å². The lowest BCUT2D eigenvalue weighted by molar-refractivity contribution is -0.140. The molecule has 5 amide bonds. The third-order valence-corrected chi connectivity index (χ3v) is 7.05. The van der Waals surface area contributed by atoms with Crippen LogP contribution in [0.2, 0.25) is 0 Å². The number of amides is 5. The van der Waals surface area contributed by atoms with Crippen LogP contribution in [-0.4, -0.2) is 65.5 Å². The number of hydrogen-bond acceptors (Lipinski definition) is 5. The summed E-state index contributed by atoms with van der Waals surface area (Å²) < 4.78 is 0. The Balaban J connectivity index is 2.17. The highest BCUT2D eigenvalue weighted by Crippen LogP contribution is 2.11. The number of urea groups is 1. The average molecular weight is 546 g/mol. The summed E-state index contributed by atoms with van der Waals surface area (Å²) in [6, 6.07) is 5.08. The largest absolute Gasteiger partial charge is 0.480 e. The Morgan fingerprint density at radius 1 is 1.00 bits per heavy atom. The SMILES string of the molecule is CC[C@H](C)[C@@H](NC(=O)N[C@H]1CCCCNC(=O)[C@H](CCc2ccccc2)NC(=O)[C@@H](C(C)C)NC1=O)C(=O)O. The summed E-state index contributed by atoms with van der Waals surface area (Å²) in [5, 5.41) is 22.9. The smallest absolute Gasteiger partial charge is 0.326 e. The molecule has 216 valence electrons. The Morgan fingerprint density at radius 3 is 2.31 bits per heavy atom. The first kappa shape index (κ1) is 31.6. The molecule has 1 aliphatic rings. The number of carbonyl (C=O) groups is 5. The Kier molecular flexibility index (Phi) is 12.7. The number of nitrogens with one attached hydrogen (secondary N) is 5. The van der Waals surface area contributed by atoms with Gasteiger partial charge in [-0.05, 0) is 49.5 Å². The van der Waals surface area contributed by atoms with Crippen LogP contribution in [0, 0.1) is 11.8 Å². The number of carboxylic acid groups (broad SMARTS) is 1. The molecule has 1 aliphatic heterocycles. The number of rotatable bonds is 9. The molecule has 39 heavy (non-hydrogen) atoms. The molecule has 0 unspecified atom stereocenters. The molecule has 5 atom stereocenters. The minimum atomic E-state index is -1.16. The Labute approximate surface area is 230 Å². The Bertz CT molecular complexity index is 986. The van der Waals surface area contributed by atoms with Crippen LogP contribution in [0.1, 0.15) is 65.4 Å². The minimum absolute atomic E-state index is 0.250. The van der Waals surface area contributed by atoms with E-state index >= 15 is 0 Å². The first-order valence-electron chi connectivity index (χ1n) is 13.8. The van der Waals surface area contributed by atoms with Crippen LogP contribution >= 0.6 is 0 Å². The van der Waals surface area contributed by atoms with Gasteiger partial charge in [0.2, 0.25) is 17.7 Å². The van der Waals surface area contributed by atoms with E-state index in [4.69, 9.17) is 0 Å². The first-order chi connectivity index (χ1) is 18.5. The highest BCUT2D eigenvalue weighted by molar-refractivity contribution is 5.94. The maximum Gasteiger partial charge on any atom is 0.326 e. The Hall–Kier alpha value is -3.63. The normalized spacial score (nSPS) is 22.6. The standard InChI is InChI=1S/C28H43N5O6/c1-5-18(4)23(27(37)38)33-28(39)31-20-13-9-10-16-29-24(34)21(15-14-19-11-7-6-8-12-19)30-26(36)22(17(2)3)32-25(20)35/h6-8,11-12,17-18,20-23H,5,9-10,13-16H2,1-4H3,(H,29,34)(H,30,36)(H,32,35)(H,37,38)(H2,31,33,39)/t18-,20-,21-,22+,23+/m0/s1. The van der Waals surface area contributed by atoms with Crippen molar-refractivity contribution in [3.8, 4) is 0 Å². The second-order valence-corrected chi connectivity index (χ2v) is 10.5. The molecule has 1 heterocycles. The third kappa shape index (κ3) is 10.2. The molecule has 0 aromatic heterocycles. The number of aryl methyl sites for hydroxylation is 1. The molecule has 11 nitrogen and oxygen atoms in total. The number of aliphatic carboxylic acids is 1. The number of carbonyl (C=O) groups excluding carboxylic acids is 4. The van der Waals surface area contributed by atoms with Crippen LogP contribution in [0.25, 0.3) is 0 Å². The van der Waals surface area contributed by atoms with E-state index in [1.807, 2.05) is 37.3 Å². The van der Waals surface area contributed by atoms with Gasteiger partial charge >= 0.3 is 12.0 Å². The zero-order valence-electron chi connectivity index (χ0n) is 23.3. The van der Waals surface area contributed by atoms with Crippen molar-refractivity contribution in [2.75, 3.05) is 6.54 Å². The monoisotopic (exact) mass is 545 g/mol. The lowest BCUT2D eigenvalue weighted by Crippen LogP contribution is -2.59. The van der Waals surface area contributed by atoms with Crippen molar-refractivity contribution in [2.24, 2.45) is 11.8 Å². The van der Waals surface area contributed by atoms with Crippen LogP contribution in [-0.2, 0) is 25.6 Å². The number of benzene rings is 1. The van der Waals surface area contributed by atoms with E-state index in [2.05, 4.69) is 26.6 Å². The molecule has 0 bridgehead atoms. The second kappa shape index (κ2) is 15.7. The third-order valence-electron chi connectivity index (χ3n) is 7.05. The van der Waals surface area contributed by atoms with Crippen molar-refractivity contribution < 1.29 is 29.1 Å². The van der Waals surface area contributed by atoms with Gasteiger partial charge in [0, 0.05) is 6.54 Å². The lowest BCUT2D eigenvalue weighted by atomic mass is 9.99. The van der Waals surface area contributed by atoms with Gasteiger partial charge in [-0.15, -0.1) is 0 Å². The fraction of sp³-hybridized carbons (Fsp3) is 0.607. The highest BCUT2D eigenvalue weighted by atomic mass is 16.4. The van der Waals surface area contributed by atoms with Gasteiger partial charge in [-0.25, -0.2) is 9.59 Å². The minimum Gasteiger partial charge on any atom is -0.480 e. The number of hydrogen-bond donors (Lipinski definition) is 6. The zero-order valence-corrected chi connectivity index (χ0v) is 23.3. The van der Waals surface area contributed by atoms with Gasteiger partial charge in [0.15, 0.2) is 0 Å². The van der Waals surface area contributed by atoms with Gasteiger partial charge < -0.3 is 31.7 Å². The summed E-state index contributed by atoms with van der Waals surface area (Å²) >= 11 is 0. The van der Waals surface area contributed by atoms with Gasteiger partial charge in [0.05, 0.1) is 0 Å². The molecule has 1 fully saturated rings. The fourth-order valence-corrected chi connectivity index (χ4v) is 4.38. The van der Waals surface area contributed by atoms with Crippen LogP contribution in [0.3, 0.4) is 0 Å². The number of carboxylic acids is 1. The van der Waals surface area contributed by atoms with E-state index in [0.717, 1.165) is 5.56 Å². The molecule has 0 spiro atoms. The first-order valence-corrected chi connectivity index (χ1v) is 13.8. The quantitative estimate of drug-likeness (QED) is 0.276. The van der Waals surface area contributed by atoms with Crippen LogP contribution in [0.15, 0.2) is 30.3 Å². The van der Waals surface area contributed by atoms with Gasteiger partial charge in [-0.1, -0.05) is 64.4 Å². The van der Waals surface area contributed by atoms with E-state index in [1.54, 1.807) is 20.8 Å². The van der Waals surface area contributed by atoms with Crippen molar-refractivity contribution in [1.29, 1.82) is 0 Å². The van der Waals surface area contributed by atoms with Crippen molar-refractivity contribution >= 4 is 29.7 Å². The topological polar surface area (TPSA) is 166 Å². The molecular weight excluding hydrogens is 502 g/mol. The maximum absolute atomic E-state index is 13.3. The molecule has 0 saturated carbocycles. The van der Waals surface area contributed by atoms with Gasteiger partial charge in [-0.3, -0.25) is 14.4 Å². The van der Waals surface area contributed by atoms with Gasteiger partial charge in [0.25, 0.3) is 0 Å². The molecular formula is C28H43N5O6. The molecule has 1 saturated heterocycles. The summed E-state index contributed by atoms with van der Waals surface area (Å²) in [5.41, 5.74) is 1.04.